The molecular formula is C20H28B2O5. The largest absolute Gasteiger partial charge is 0.532 e. The number of para-hydroxylation sites is 1. The third-order valence-corrected chi connectivity index (χ3v) is 6.59. The average molecular weight is 370 g/mol. The lowest BCUT2D eigenvalue weighted by Crippen LogP contribution is -2.41. The van der Waals surface area contributed by atoms with Crippen LogP contribution in [0.15, 0.2) is 28.7 Å². The average Bonchev–Trinajstić information content (AvgIpc) is 3.10. The first-order valence-corrected chi connectivity index (χ1v) is 9.57. The summed E-state index contributed by atoms with van der Waals surface area (Å²) in [4.78, 5) is 0. The summed E-state index contributed by atoms with van der Waals surface area (Å²) in [5.74, 6) is 0. The molecule has 27 heavy (non-hydrogen) atoms. The molecule has 2 aliphatic heterocycles. The quantitative estimate of drug-likeness (QED) is 0.761. The van der Waals surface area contributed by atoms with Gasteiger partial charge in [0.1, 0.15) is 11.2 Å². The van der Waals surface area contributed by atoms with Gasteiger partial charge in [-0.1, -0.05) is 18.2 Å². The van der Waals surface area contributed by atoms with E-state index in [2.05, 4.69) is 0 Å². The van der Waals surface area contributed by atoms with Gasteiger partial charge in [-0.15, -0.1) is 0 Å². The summed E-state index contributed by atoms with van der Waals surface area (Å²) in [7, 11) is -1.01. The molecule has 1 aromatic heterocycles. The van der Waals surface area contributed by atoms with Crippen LogP contribution in [0.4, 0.5) is 0 Å². The normalized spacial score (nSPS) is 25.5. The molecule has 5 nitrogen and oxygen atoms in total. The van der Waals surface area contributed by atoms with Crippen LogP contribution in [0.5, 0.6) is 0 Å². The van der Waals surface area contributed by atoms with E-state index in [1.54, 1.807) is 0 Å². The van der Waals surface area contributed by atoms with E-state index in [4.69, 9.17) is 23.0 Å². The molecule has 2 saturated heterocycles. The summed E-state index contributed by atoms with van der Waals surface area (Å²) >= 11 is 0. The lowest BCUT2D eigenvalue weighted by molar-refractivity contribution is 0.00578. The topological polar surface area (TPSA) is 50.1 Å². The predicted octanol–water partition coefficient (Wildman–Crippen LogP) is 3.03. The molecule has 4 rings (SSSR count). The zero-order chi connectivity index (χ0) is 19.8. The summed E-state index contributed by atoms with van der Waals surface area (Å²) in [5.41, 5.74) is 0.667. The zero-order valence-electron chi connectivity index (χ0n) is 17.5. The molecule has 0 spiro atoms. The van der Waals surface area contributed by atoms with Gasteiger partial charge >= 0.3 is 14.2 Å². The second-order valence-corrected chi connectivity index (χ2v) is 9.59. The molecule has 144 valence electrons. The number of hydrogen-bond donors (Lipinski definition) is 0. The molecule has 0 radical (unpaired) electrons. The van der Waals surface area contributed by atoms with Crippen LogP contribution in [-0.4, -0.2) is 36.6 Å². The van der Waals surface area contributed by atoms with Gasteiger partial charge in [0.2, 0.25) is 0 Å². The lowest BCUT2D eigenvalue weighted by Gasteiger charge is -2.32. The number of benzene rings is 1. The van der Waals surface area contributed by atoms with E-state index in [-0.39, 0.29) is 0 Å². The number of furan rings is 1. The molecular weight excluding hydrogens is 342 g/mol. The molecule has 7 heteroatoms. The Bertz CT molecular complexity index is 852. The molecule has 0 saturated carbocycles. The highest BCUT2D eigenvalue weighted by Crippen LogP contribution is 2.38. The maximum atomic E-state index is 6.21. The Morgan fingerprint density at radius 1 is 0.667 bits per heavy atom. The molecule has 1 aromatic carbocycles. The van der Waals surface area contributed by atoms with E-state index in [1.165, 1.54) is 0 Å². The number of hydrogen-bond acceptors (Lipinski definition) is 5. The summed E-state index contributed by atoms with van der Waals surface area (Å²) < 4.78 is 30.9. The van der Waals surface area contributed by atoms with Gasteiger partial charge in [-0.05, 0) is 61.5 Å². The lowest BCUT2D eigenvalue weighted by atomic mass is 9.78. The first-order valence-electron chi connectivity index (χ1n) is 9.57. The molecule has 0 atom stereocenters. The highest BCUT2D eigenvalue weighted by atomic mass is 16.7. The molecule has 0 aliphatic carbocycles. The van der Waals surface area contributed by atoms with Gasteiger partial charge in [0.05, 0.1) is 22.4 Å². The minimum absolute atomic E-state index is 0.402. The van der Waals surface area contributed by atoms with Gasteiger partial charge in [-0.3, -0.25) is 0 Å². The molecule has 3 heterocycles. The standard InChI is InChI=1S/C20H28B2O5/c1-17(2)18(3,4)25-21(24-17)14-11-9-10-13-12-15(23-16(13)14)22-26-19(5,6)20(7,8)27-22/h9-12H,1-8H3. The molecule has 0 unspecified atom stereocenters. The van der Waals surface area contributed by atoms with Crippen LogP contribution in [0.1, 0.15) is 55.4 Å². The van der Waals surface area contributed by atoms with Gasteiger partial charge in [0, 0.05) is 10.8 Å². The van der Waals surface area contributed by atoms with Crippen LogP contribution < -0.4 is 11.1 Å². The molecule has 2 fully saturated rings. The summed E-state index contributed by atoms with van der Waals surface area (Å²) in [6.07, 6.45) is 0. The fourth-order valence-corrected chi connectivity index (χ4v) is 3.34. The van der Waals surface area contributed by atoms with E-state index in [0.29, 0.717) is 5.66 Å². The van der Waals surface area contributed by atoms with Gasteiger partial charge in [0.15, 0.2) is 0 Å². The number of rotatable bonds is 2. The van der Waals surface area contributed by atoms with E-state index in [0.717, 1.165) is 16.4 Å². The van der Waals surface area contributed by atoms with Crippen molar-refractivity contribution in [1.82, 2.24) is 0 Å². The highest BCUT2D eigenvalue weighted by Gasteiger charge is 2.54. The van der Waals surface area contributed by atoms with Crippen molar-refractivity contribution in [3.63, 3.8) is 0 Å². The van der Waals surface area contributed by atoms with E-state index >= 15 is 0 Å². The van der Waals surface area contributed by atoms with Gasteiger partial charge in [-0.2, -0.15) is 0 Å². The third-order valence-electron chi connectivity index (χ3n) is 6.59. The smallest absolute Gasteiger partial charge is 0.465 e. The Hall–Kier alpha value is -1.27. The van der Waals surface area contributed by atoms with Crippen molar-refractivity contribution in [1.29, 1.82) is 0 Å². The van der Waals surface area contributed by atoms with Crippen LogP contribution in [0.25, 0.3) is 11.0 Å². The summed E-state index contributed by atoms with van der Waals surface area (Å²) in [6, 6.07) is 7.97. The molecule has 2 aromatic rings. The Labute approximate surface area is 162 Å². The monoisotopic (exact) mass is 370 g/mol. The second-order valence-electron chi connectivity index (χ2n) is 9.59. The Kier molecular flexibility index (Phi) is 3.98. The molecule has 0 N–H and O–H groups in total. The van der Waals surface area contributed by atoms with E-state index in [1.807, 2.05) is 79.7 Å². The van der Waals surface area contributed by atoms with Crippen molar-refractivity contribution in [2.24, 2.45) is 0 Å². The maximum absolute atomic E-state index is 6.21. The molecule has 2 aliphatic rings. The van der Waals surface area contributed by atoms with E-state index < -0.39 is 36.6 Å². The zero-order valence-corrected chi connectivity index (χ0v) is 17.5. The van der Waals surface area contributed by atoms with Crippen LogP contribution in [0, 0.1) is 0 Å². The van der Waals surface area contributed by atoms with Crippen molar-refractivity contribution in [2.45, 2.75) is 77.8 Å². The fraction of sp³-hybridized carbons (Fsp3) is 0.600. The van der Waals surface area contributed by atoms with Gasteiger partial charge in [-0.25, -0.2) is 0 Å². The fourth-order valence-electron chi connectivity index (χ4n) is 3.34. The van der Waals surface area contributed by atoms with Crippen molar-refractivity contribution in [3.8, 4) is 0 Å². The molecule has 0 amide bonds. The summed E-state index contributed by atoms with van der Waals surface area (Å²) in [5, 5.41) is 0.979. The van der Waals surface area contributed by atoms with Crippen molar-refractivity contribution >= 4 is 36.3 Å². The first kappa shape index (κ1) is 19.1. The third kappa shape index (κ3) is 2.87. The van der Waals surface area contributed by atoms with Crippen LogP contribution >= 0.6 is 0 Å². The van der Waals surface area contributed by atoms with Crippen LogP contribution in [0.3, 0.4) is 0 Å². The predicted molar refractivity (Wildman–Crippen MR) is 108 cm³/mol. The Morgan fingerprint density at radius 2 is 1.15 bits per heavy atom. The van der Waals surface area contributed by atoms with Crippen molar-refractivity contribution < 1.29 is 23.0 Å². The Balaban J connectivity index is 1.70. The minimum Gasteiger partial charge on any atom is -0.465 e. The van der Waals surface area contributed by atoms with Crippen LogP contribution in [-0.2, 0) is 18.6 Å². The van der Waals surface area contributed by atoms with Gasteiger partial charge < -0.3 is 23.0 Å². The van der Waals surface area contributed by atoms with Crippen LogP contribution in [0.2, 0.25) is 0 Å². The van der Waals surface area contributed by atoms with Crippen molar-refractivity contribution in [3.05, 3.63) is 24.3 Å². The second kappa shape index (κ2) is 5.63. The highest BCUT2D eigenvalue weighted by molar-refractivity contribution is 6.65. The first-order chi connectivity index (χ1) is 12.3. The summed E-state index contributed by atoms with van der Waals surface area (Å²) in [6.45, 7) is 16.3. The van der Waals surface area contributed by atoms with E-state index in [9.17, 15) is 0 Å². The van der Waals surface area contributed by atoms with Crippen molar-refractivity contribution in [2.75, 3.05) is 0 Å². The SMILES string of the molecule is CC1(C)OB(c2cc3cccc(B4OC(C)(C)C(C)(C)O4)c3o2)OC1(C)C. The molecule has 0 bridgehead atoms. The number of fused-ring (bicyclic) bond motifs is 1. The van der Waals surface area contributed by atoms with Gasteiger partial charge in [0.25, 0.3) is 0 Å². The minimum atomic E-state index is -0.534. The Morgan fingerprint density at radius 3 is 1.67 bits per heavy atom. The maximum Gasteiger partial charge on any atom is 0.532 e.